The Labute approximate surface area is 151 Å². The van der Waals surface area contributed by atoms with Crippen LogP contribution in [0, 0.1) is 5.82 Å². The number of carbonyl (C=O) groups is 2. The van der Waals surface area contributed by atoms with Gasteiger partial charge in [0, 0.05) is 36.7 Å². The second-order valence-corrected chi connectivity index (χ2v) is 7.54. The molecule has 1 atom stereocenters. The number of hydrogen-bond acceptors (Lipinski definition) is 3. The van der Waals surface area contributed by atoms with Crippen molar-refractivity contribution in [2.45, 2.75) is 43.0 Å². The van der Waals surface area contributed by atoms with Crippen molar-refractivity contribution in [1.82, 2.24) is 15.5 Å². The van der Waals surface area contributed by atoms with Crippen LogP contribution < -0.4 is 10.6 Å². The molecule has 2 aliphatic heterocycles. The molecule has 1 saturated heterocycles. The topological polar surface area (TPSA) is 61.4 Å². The molecule has 1 aromatic carbocycles. The van der Waals surface area contributed by atoms with Crippen LogP contribution in [0.3, 0.4) is 0 Å². The lowest BCUT2D eigenvalue weighted by Crippen LogP contribution is -2.43. The molecule has 5 nitrogen and oxygen atoms in total. The van der Waals surface area contributed by atoms with Crippen LogP contribution in [0.15, 0.2) is 23.1 Å². The lowest BCUT2D eigenvalue weighted by Gasteiger charge is -2.26. The van der Waals surface area contributed by atoms with Gasteiger partial charge in [0.1, 0.15) is 5.82 Å². The number of benzene rings is 1. The molecule has 2 N–H and O–H groups in total. The van der Waals surface area contributed by atoms with Gasteiger partial charge in [-0.1, -0.05) is 18.6 Å². The minimum Gasteiger partial charge on any atom is -0.341 e. The first-order valence-corrected chi connectivity index (χ1v) is 9.87. The maximum absolute atomic E-state index is 13.9. The van der Waals surface area contributed by atoms with Gasteiger partial charge in [-0.2, -0.15) is 0 Å². The Kier molecular flexibility index (Phi) is 6.18. The van der Waals surface area contributed by atoms with E-state index in [9.17, 15) is 14.0 Å². The molecule has 0 aromatic heterocycles. The third kappa shape index (κ3) is 4.66. The predicted octanol–water partition coefficient (Wildman–Crippen LogP) is 3.06. The Bertz CT molecular complexity index is 641. The third-order valence-corrected chi connectivity index (χ3v) is 5.83. The molecule has 0 aliphatic carbocycles. The fourth-order valence-corrected chi connectivity index (χ4v) is 4.47. The lowest BCUT2D eigenvalue weighted by molar-refractivity contribution is -0.130. The normalized spacial score (nSPS) is 20.6. The van der Waals surface area contributed by atoms with Crippen LogP contribution in [-0.4, -0.2) is 42.2 Å². The molecule has 1 fully saturated rings. The number of urea groups is 1. The van der Waals surface area contributed by atoms with E-state index < -0.39 is 0 Å². The highest BCUT2D eigenvalue weighted by atomic mass is 32.2. The largest absolute Gasteiger partial charge is 0.341 e. The molecule has 0 radical (unpaired) electrons. The van der Waals surface area contributed by atoms with E-state index in [0.29, 0.717) is 24.4 Å². The van der Waals surface area contributed by atoms with Crippen LogP contribution in [0.5, 0.6) is 0 Å². The summed E-state index contributed by atoms with van der Waals surface area (Å²) in [7, 11) is 0. The second kappa shape index (κ2) is 8.56. The number of nitrogens with one attached hydrogen (secondary N) is 2. The van der Waals surface area contributed by atoms with E-state index in [1.807, 2.05) is 11.0 Å². The highest BCUT2D eigenvalue weighted by Gasteiger charge is 2.24. The molecule has 0 spiro atoms. The van der Waals surface area contributed by atoms with E-state index in [4.69, 9.17) is 0 Å². The number of rotatable bonds is 4. The minimum atomic E-state index is -0.269. The average molecular weight is 365 g/mol. The molecule has 7 heteroatoms. The van der Waals surface area contributed by atoms with Gasteiger partial charge in [0.15, 0.2) is 0 Å². The zero-order valence-corrected chi connectivity index (χ0v) is 15.0. The Hall–Kier alpha value is -1.76. The molecular weight excluding hydrogens is 341 g/mol. The number of fused-ring (bicyclic) bond motifs is 1. The van der Waals surface area contributed by atoms with Gasteiger partial charge >= 0.3 is 6.03 Å². The Balaban J connectivity index is 1.49. The van der Waals surface area contributed by atoms with E-state index in [1.54, 1.807) is 6.07 Å². The summed E-state index contributed by atoms with van der Waals surface area (Å²) in [6.45, 7) is 1.74. The number of hydrogen-bond donors (Lipinski definition) is 2. The van der Waals surface area contributed by atoms with Crippen LogP contribution in [0.1, 0.15) is 43.7 Å². The van der Waals surface area contributed by atoms with E-state index >= 15 is 0 Å². The Morgan fingerprint density at radius 3 is 3.08 bits per heavy atom. The standard InChI is InChI=1S/C18H24FN3O2S/c19-14-6-4-5-13-15(8-12-25-17(13)14)21-18(24)20-9-11-22-10-3-1-2-7-16(22)23/h4-6,15H,1-3,7-12H2,(H2,20,21,24)/t15-/m0/s1. The molecule has 2 aliphatic rings. The first-order valence-electron chi connectivity index (χ1n) is 8.88. The average Bonchev–Trinajstić information content (AvgIpc) is 2.80. The van der Waals surface area contributed by atoms with Gasteiger partial charge < -0.3 is 15.5 Å². The molecule has 0 saturated carbocycles. The van der Waals surface area contributed by atoms with Gasteiger partial charge in [-0.05, 0) is 30.9 Å². The van der Waals surface area contributed by atoms with Gasteiger partial charge in [-0.3, -0.25) is 4.79 Å². The minimum absolute atomic E-state index is 0.174. The fourth-order valence-electron chi connectivity index (χ4n) is 3.33. The smallest absolute Gasteiger partial charge is 0.315 e. The van der Waals surface area contributed by atoms with E-state index in [2.05, 4.69) is 10.6 Å². The van der Waals surface area contributed by atoms with Gasteiger partial charge in [0.25, 0.3) is 0 Å². The number of carbonyl (C=O) groups excluding carboxylic acids is 2. The molecule has 136 valence electrons. The first kappa shape index (κ1) is 18.0. The van der Waals surface area contributed by atoms with Crippen molar-refractivity contribution < 1.29 is 14.0 Å². The van der Waals surface area contributed by atoms with Gasteiger partial charge in [-0.15, -0.1) is 11.8 Å². The van der Waals surface area contributed by atoms with E-state index in [1.165, 1.54) is 17.8 Å². The quantitative estimate of drug-likeness (QED) is 0.862. The van der Waals surface area contributed by atoms with Crippen molar-refractivity contribution in [2.75, 3.05) is 25.4 Å². The van der Waals surface area contributed by atoms with Crippen LogP contribution in [-0.2, 0) is 4.79 Å². The Morgan fingerprint density at radius 1 is 1.32 bits per heavy atom. The van der Waals surface area contributed by atoms with Crippen molar-refractivity contribution in [3.05, 3.63) is 29.6 Å². The van der Waals surface area contributed by atoms with Crippen molar-refractivity contribution in [3.63, 3.8) is 0 Å². The van der Waals surface area contributed by atoms with Crippen molar-refractivity contribution in [1.29, 1.82) is 0 Å². The number of nitrogens with zero attached hydrogens (tertiary/aromatic N) is 1. The molecular formula is C18H24FN3O2S. The van der Waals surface area contributed by atoms with Crippen LogP contribution in [0.4, 0.5) is 9.18 Å². The first-order chi connectivity index (χ1) is 12.1. The lowest BCUT2D eigenvalue weighted by atomic mass is 10.0. The van der Waals surface area contributed by atoms with Crippen molar-refractivity contribution >= 4 is 23.7 Å². The summed E-state index contributed by atoms with van der Waals surface area (Å²) in [5, 5.41) is 5.75. The SMILES string of the molecule is O=C(NCCN1CCCCCC1=O)N[C@H]1CCSc2c(F)cccc21. The summed E-state index contributed by atoms with van der Waals surface area (Å²) in [4.78, 5) is 26.6. The predicted molar refractivity (Wildman–Crippen MR) is 96.1 cm³/mol. The van der Waals surface area contributed by atoms with Crippen molar-refractivity contribution in [3.8, 4) is 0 Å². The maximum atomic E-state index is 13.9. The summed E-state index contributed by atoms with van der Waals surface area (Å²) < 4.78 is 13.9. The van der Waals surface area contributed by atoms with E-state index in [0.717, 1.165) is 43.5 Å². The number of amides is 3. The molecule has 0 unspecified atom stereocenters. The summed E-state index contributed by atoms with van der Waals surface area (Å²) >= 11 is 1.49. The number of likely N-dealkylation sites (tertiary alicyclic amines) is 1. The molecule has 0 bridgehead atoms. The molecule has 25 heavy (non-hydrogen) atoms. The Morgan fingerprint density at radius 2 is 2.20 bits per heavy atom. The zero-order valence-electron chi connectivity index (χ0n) is 14.2. The molecule has 2 heterocycles. The highest BCUT2D eigenvalue weighted by Crippen LogP contribution is 2.37. The second-order valence-electron chi connectivity index (χ2n) is 6.44. The molecule has 3 rings (SSSR count). The molecule has 1 aromatic rings. The third-order valence-electron chi connectivity index (χ3n) is 4.67. The van der Waals surface area contributed by atoms with Crippen LogP contribution in [0.2, 0.25) is 0 Å². The summed E-state index contributed by atoms with van der Waals surface area (Å²) in [6.07, 6.45) is 4.46. The van der Waals surface area contributed by atoms with Gasteiger partial charge in [0.2, 0.25) is 5.91 Å². The van der Waals surface area contributed by atoms with Gasteiger partial charge in [-0.25, -0.2) is 9.18 Å². The maximum Gasteiger partial charge on any atom is 0.315 e. The number of thioether (sulfide) groups is 1. The summed E-state index contributed by atoms with van der Waals surface area (Å²) in [6, 6.07) is 4.55. The zero-order chi connectivity index (χ0) is 17.6. The van der Waals surface area contributed by atoms with Crippen molar-refractivity contribution in [2.24, 2.45) is 0 Å². The monoisotopic (exact) mass is 365 g/mol. The highest BCUT2D eigenvalue weighted by molar-refractivity contribution is 7.99. The fraction of sp³-hybridized carbons (Fsp3) is 0.556. The number of halogens is 1. The summed E-state index contributed by atoms with van der Waals surface area (Å²) in [5.41, 5.74) is 0.842. The van der Waals surface area contributed by atoms with Crippen LogP contribution >= 0.6 is 11.8 Å². The molecule has 3 amide bonds. The van der Waals surface area contributed by atoms with Gasteiger partial charge in [0.05, 0.1) is 6.04 Å². The van der Waals surface area contributed by atoms with Crippen LogP contribution in [0.25, 0.3) is 0 Å². The van der Waals surface area contributed by atoms with E-state index in [-0.39, 0.29) is 23.8 Å². The summed E-state index contributed by atoms with van der Waals surface area (Å²) in [5.74, 6) is 0.726.